The molecular weight excluding hydrogens is 240 g/mol. The Morgan fingerprint density at radius 1 is 1.18 bits per heavy atom. The summed E-state index contributed by atoms with van der Waals surface area (Å²) < 4.78 is 12.3. The minimum absolute atomic E-state index is 0.537. The van der Waals surface area contributed by atoms with Crippen LogP contribution in [0.25, 0.3) is 5.69 Å². The number of benzene rings is 1. The molecule has 1 heterocycles. The van der Waals surface area contributed by atoms with E-state index >= 15 is 0 Å². The van der Waals surface area contributed by atoms with Gasteiger partial charge in [0, 0.05) is 12.3 Å². The molecule has 4 nitrogen and oxygen atoms in total. The van der Waals surface area contributed by atoms with Crippen LogP contribution in [0.3, 0.4) is 0 Å². The van der Waals surface area contributed by atoms with Crippen molar-refractivity contribution in [2.24, 2.45) is 0 Å². The number of halogens is 1. The molecular formula is C12H13ClN2O2. The maximum absolute atomic E-state index is 6.10. The van der Waals surface area contributed by atoms with Crippen molar-refractivity contribution in [2.45, 2.75) is 6.92 Å². The number of hydrogen-bond acceptors (Lipinski definition) is 3. The van der Waals surface area contributed by atoms with E-state index in [-0.39, 0.29) is 0 Å². The average Bonchev–Trinajstić information content (AvgIpc) is 2.75. The van der Waals surface area contributed by atoms with Gasteiger partial charge in [0.05, 0.1) is 37.0 Å². The van der Waals surface area contributed by atoms with Gasteiger partial charge in [0.15, 0.2) is 0 Å². The van der Waals surface area contributed by atoms with Crippen LogP contribution in [0.2, 0.25) is 5.02 Å². The molecule has 2 rings (SSSR count). The molecule has 0 N–H and O–H groups in total. The SMILES string of the molecule is COc1cc(OC)c(-n2cnc(C)c2)cc1Cl. The fourth-order valence-corrected chi connectivity index (χ4v) is 1.83. The van der Waals surface area contributed by atoms with Crippen molar-refractivity contribution >= 4 is 11.6 Å². The lowest BCUT2D eigenvalue weighted by atomic mass is 10.2. The molecule has 5 heteroatoms. The molecule has 0 aliphatic heterocycles. The predicted molar refractivity (Wildman–Crippen MR) is 66.4 cm³/mol. The zero-order chi connectivity index (χ0) is 12.4. The summed E-state index contributed by atoms with van der Waals surface area (Å²) in [5.41, 5.74) is 1.76. The van der Waals surface area contributed by atoms with Crippen LogP contribution < -0.4 is 9.47 Å². The van der Waals surface area contributed by atoms with Gasteiger partial charge in [-0.05, 0) is 13.0 Å². The lowest BCUT2D eigenvalue weighted by molar-refractivity contribution is 0.393. The third-order valence-electron chi connectivity index (χ3n) is 2.44. The Bertz CT molecular complexity index is 537. The highest BCUT2D eigenvalue weighted by atomic mass is 35.5. The monoisotopic (exact) mass is 252 g/mol. The molecule has 0 amide bonds. The topological polar surface area (TPSA) is 36.3 Å². The van der Waals surface area contributed by atoms with Crippen LogP contribution in [0.1, 0.15) is 5.69 Å². The highest BCUT2D eigenvalue weighted by Gasteiger charge is 2.11. The number of ether oxygens (including phenoxy) is 2. The van der Waals surface area contributed by atoms with Gasteiger partial charge in [-0.3, -0.25) is 0 Å². The summed E-state index contributed by atoms with van der Waals surface area (Å²) >= 11 is 6.10. The van der Waals surface area contributed by atoms with Gasteiger partial charge in [-0.25, -0.2) is 4.98 Å². The first-order valence-corrected chi connectivity index (χ1v) is 5.46. The molecule has 0 bridgehead atoms. The van der Waals surface area contributed by atoms with E-state index in [4.69, 9.17) is 21.1 Å². The molecule has 2 aromatic rings. The van der Waals surface area contributed by atoms with Crippen LogP contribution in [0.5, 0.6) is 11.5 Å². The van der Waals surface area contributed by atoms with Gasteiger partial charge in [-0.15, -0.1) is 0 Å². The fourth-order valence-electron chi connectivity index (χ4n) is 1.60. The van der Waals surface area contributed by atoms with E-state index in [2.05, 4.69) is 4.98 Å². The molecule has 0 radical (unpaired) electrons. The highest BCUT2D eigenvalue weighted by Crippen LogP contribution is 2.34. The zero-order valence-corrected chi connectivity index (χ0v) is 10.7. The molecule has 0 spiro atoms. The van der Waals surface area contributed by atoms with Crippen LogP contribution >= 0.6 is 11.6 Å². The maximum Gasteiger partial charge on any atom is 0.146 e. The van der Waals surface area contributed by atoms with Crippen molar-refractivity contribution in [2.75, 3.05) is 14.2 Å². The van der Waals surface area contributed by atoms with Gasteiger partial charge in [0.2, 0.25) is 0 Å². The van der Waals surface area contributed by atoms with E-state index in [1.54, 1.807) is 32.7 Å². The zero-order valence-electron chi connectivity index (χ0n) is 9.90. The smallest absolute Gasteiger partial charge is 0.146 e. The van der Waals surface area contributed by atoms with Crippen molar-refractivity contribution in [3.63, 3.8) is 0 Å². The van der Waals surface area contributed by atoms with Crippen molar-refractivity contribution < 1.29 is 9.47 Å². The van der Waals surface area contributed by atoms with Crippen molar-refractivity contribution in [3.8, 4) is 17.2 Å². The van der Waals surface area contributed by atoms with E-state index in [1.807, 2.05) is 17.7 Å². The molecule has 0 saturated carbocycles. The predicted octanol–water partition coefficient (Wildman–Crippen LogP) is 2.85. The molecule has 1 aromatic carbocycles. The molecule has 0 atom stereocenters. The van der Waals surface area contributed by atoms with Crippen molar-refractivity contribution in [1.82, 2.24) is 9.55 Å². The second kappa shape index (κ2) is 4.67. The van der Waals surface area contributed by atoms with E-state index < -0.39 is 0 Å². The Balaban J connectivity index is 2.57. The Kier molecular flexibility index (Phi) is 3.24. The van der Waals surface area contributed by atoms with Crippen LogP contribution in [0.4, 0.5) is 0 Å². The van der Waals surface area contributed by atoms with Crippen molar-refractivity contribution in [3.05, 3.63) is 35.4 Å². The summed E-state index contributed by atoms with van der Waals surface area (Å²) in [6.45, 7) is 1.92. The summed E-state index contributed by atoms with van der Waals surface area (Å²) in [7, 11) is 3.18. The van der Waals surface area contributed by atoms with Crippen LogP contribution in [0, 0.1) is 6.92 Å². The Morgan fingerprint density at radius 3 is 2.41 bits per heavy atom. The summed E-state index contributed by atoms with van der Waals surface area (Å²) in [4.78, 5) is 4.17. The minimum atomic E-state index is 0.537. The lowest BCUT2D eigenvalue weighted by Crippen LogP contribution is -1.97. The number of aromatic nitrogens is 2. The molecule has 0 unspecified atom stereocenters. The molecule has 0 aliphatic rings. The molecule has 1 aromatic heterocycles. The van der Waals surface area contributed by atoms with E-state index in [9.17, 15) is 0 Å². The normalized spacial score (nSPS) is 10.4. The molecule has 0 fully saturated rings. The Morgan fingerprint density at radius 2 is 1.88 bits per heavy atom. The van der Waals surface area contributed by atoms with Gasteiger partial charge in [-0.2, -0.15) is 0 Å². The summed E-state index contributed by atoms with van der Waals surface area (Å²) in [6.07, 6.45) is 3.62. The number of aryl methyl sites for hydroxylation is 1. The summed E-state index contributed by atoms with van der Waals surface area (Å²) in [6, 6.07) is 3.55. The summed E-state index contributed by atoms with van der Waals surface area (Å²) in [5, 5.41) is 0.537. The third kappa shape index (κ3) is 2.22. The van der Waals surface area contributed by atoms with Crippen molar-refractivity contribution in [1.29, 1.82) is 0 Å². The van der Waals surface area contributed by atoms with Gasteiger partial charge >= 0.3 is 0 Å². The minimum Gasteiger partial charge on any atom is -0.495 e. The number of rotatable bonds is 3. The number of methoxy groups -OCH3 is 2. The largest absolute Gasteiger partial charge is 0.495 e. The molecule has 17 heavy (non-hydrogen) atoms. The third-order valence-corrected chi connectivity index (χ3v) is 2.74. The highest BCUT2D eigenvalue weighted by molar-refractivity contribution is 6.32. The Hall–Kier alpha value is -1.68. The second-order valence-corrected chi connectivity index (χ2v) is 3.99. The van der Waals surface area contributed by atoms with Crippen LogP contribution in [-0.4, -0.2) is 23.8 Å². The van der Waals surface area contributed by atoms with Gasteiger partial charge in [0.25, 0.3) is 0 Å². The van der Waals surface area contributed by atoms with E-state index in [0.29, 0.717) is 16.5 Å². The standard InChI is InChI=1S/C12H13ClN2O2/c1-8-6-15(7-14-8)10-4-9(13)11(16-2)5-12(10)17-3/h4-7H,1-3H3. The number of imidazole rings is 1. The Labute approximate surface area is 105 Å². The first kappa shape index (κ1) is 11.8. The number of hydrogen-bond donors (Lipinski definition) is 0. The molecule has 0 aliphatic carbocycles. The average molecular weight is 253 g/mol. The lowest BCUT2D eigenvalue weighted by Gasteiger charge is -2.12. The molecule has 90 valence electrons. The number of nitrogens with zero attached hydrogens (tertiary/aromatic N) is 2. The maximum atomic E-state index is 6.10. The summed E-state index contributed by atoms with van der Waals surface area (Å²) in [5.74, 6) is 1.27. The van der Waals surface area contributed by atoms with Crippen LogP contribution in [0.15, 0.2) is 24.7 Å². The fraction of sp³-hybridized carbons (Fsp3) is 0.250. The van der Waals surface area contributed by atoms with E-state index in [0.717, 1.165) is 11.4 Å². The van der Waals surface area contributed by atoms with Gasteiger partial charge in [-0.1, -0.05) is 11.6 Å². The van der Waals surface area contributed by atoms with Gasteiger partial charge < -0.3 is 14.0 Å². The molecule has 0 saturated heterocycles. The van der Waals surface area contributed by atoms with Crippen LogP contribution in [-0.2, 0) is 0 Å². The van der Waals surface area contributed by atoms with Gasteiger partial charge in [0.1, 0.15) is 11.5 Å². The first-order chi connectivity index (χ1) is 8.15. The second-order valence-electron chi connectivity index (χ2n) is 3.58. The quantitative estimate of drug-likeness (QED) is 0.843. The van der Waals surface area contributed by atoms with E-state index in [1.165, 1.54) is 0 Å². The first-order valence-electron chi connectivity index (χ1n) is 5.08.